The Morgan fingerprint density at radius 1 is 1.11 bits per heavy atom. The van der Waals surface area contributed by atoms with Gasteiger partial charge in [-0.3, -0.25) is 4.98 Å². The highest BCUT2D eigenvalue weighted by atomic mass is 35.5. The molecule has 0 aliphatic rings. The van der Waals surface area contributed by atoms with Gasteiger partial charge in [0.25, 0.3) is 0 Å². The third kappa shape index (κ3) is 3.63. The van der Waals surface area contributed by atoms with Crippen LogP contribution in [0.3, 0.4) is 0 Å². The predicted molar refractivity (Wildman–Crippen MR) is 73.1 cm³/mol. The maximum absolute atomic E-state index is 10.9. The highest BCUT2D eigenvalue weighted by Gasteiger charge is 2.08. The second-order valence-corrected chi connectivity index (χ2v) is 4.20. The van der Waals surface area contributed by atoms with E-state index in [4.69, 9.17) is 16.4 Å². The molecule has 0 spiro atoms. The molecule has 4 nitrogen and oxygen atoms in total. The summed E-state index contributed by atoms with van der Waals surface area (Å²) < 4.78 is 0. The summed E-state index contributed by atoms with van der Waals surface area (Å²) in [4.78, 5) is 19.6. The molecule has 5 heteroatoms. The molecule has 19 heavy (non-hydrogen) atoms. The zero-order valence-electron chi connectivity index (χ0n) is 10.2. The highest BCUT2D eigenvalue weighted by Crippen LogP contribution is 2.14. The van der Waals surface area contributed by atoms with Crippen LogP contribution in [0.2, 0.25) is 5.02 Å². The SMILES string of the molecule is CC(=O)ON=C(c1ccncc1)c1ccc(Cl)cc1. The lowest BCUT2D eigenvalue weighted by atomic mass is 10.0. The van der Waals surface area contributed by atoms with Gasteiger partial charge in [0.05, 0.1) is 0 Å². The number of carbonyl (C=O) groups is 1. The van der Waals surface area contributed by atoms with Crippen molar-refractivity contribution in [3.05, 3.63) is 64.9 Å². The lowest BCUT2D eigenvalue weighted by Gasteiger charge is -2.06. The van der Waals surface area contributed by atoms with Crippen LogP contribution in [0.4, 0.5) is 0 Å². The van der Waals surface area contributed by atoms with Gasteiger partial charge in [0, 0.05) is 35.5 Å². The molecule has 0 bridgehead atoms. The smallest absolute Gasteiger partial charge is 0.318 e. The normalized spacial score (nSPS) is 11.2. The Balaban J connectivity index is 2.43. The van der Waals surface area contributed by atoms with E-state index in [-0.39, 0.29) is 0 Å². The highest BCUT2D eigenvalue weighted by molar-refractivity contribution is 6.30. The minimum Gasteiger partial charge on any atom is -0.318 e. The molecule has 0 N–H and O–H groups in total. The maximum atomic E-state index is 10.9. The van der Waals surface area contributed by atoms with Gasteiger partial charge >= 0.3 is 5.97 Å². The molecule has 1 aromatic heterocycles. The number of hydrogen-bond donors (Lipinski definition) is 0. The molecular weight excluding hydrogens is 264 g/mol. The van der Waals surface area contributed by atoms with Gasteiger partial charge in [0.15, 0.2) is 0 Å². The van der Waals surface area contributed by atoms with E-state index in [2.05, 4.69) is 10.1 Å². The largest absolute Gasteiger partial charge is 0.332 e. The second kappa shape index (κ2) is 6.11. The van der Waals surface area contributed by atoms with Crippen LogP contribution in [0.1, 0.15) is 18.1 Å². The Kier molecular flexibility index (Phi) is 4.26. The molecule has 0 atom stereocenters. The zero-order valence-corrected chi connectivity index (χ0v) is 11.0. The fourth-order valence-electron chi connectivity index (χ4n) is 1.50. The number of oxime groups is 1. The molecule has 0 saturated carbocycles. The van der Waals surface area contributed by atoms with Crippen molar-refractivity contribution in [2.24, 2.45) is 5.16 Å². The van der Waals surface area contributed by atoms with Crippen molar-refractivity contribution < 1.29 is 9.63 Å². The maximum Gasteiger partial charge on any atom is 0.332 e. The number of aromatic nitrogens is 1. The van der Waals surface area contributed by atoms with E-state index in [0.29, 0.717) is 10.7 Å². The molecule has 1 aromatic carbocycles. The Morgan fingerprint density at radius 2 is 1.68 bits per heavy atom. The van der Waals surface area contributed by atoms with Gasteiger partial charge in [-0.2, -0.15) is 0 Å². The first-order chi connectivity index (χ1) is 9.16. The van der Waals surface area contributed by atoms with E-state index < -0.39 is 5.97 Å². The molecule has 0 aliphatic heterocycles. The van der Waals surface area contributed by atoms with E-state index in [9.17, 15) is 4.79 Å². The summed E-state index contributed by atoms with van der Waals surface area (Å²) in [6, 6.07) is 10.7. The first kappa shape index (κ1) is 13.2. The van der Waals surface area contributed by atoms with Gasteiger partial charge in [-0.1, -0.05) is 28.9 Å². The number of pyridine rings is 1. The molecule has 2 rings (SSSR count). The monoisotopic (exact) mass is 274 g/mol. The van der Waals surface area contributed by atoms with Gasteiger partial charge in [-0.15, -0.1) is 0 Å². The van der Waals surface area contributed by atoms with Crippen molar-refractivity contribution in [3.8, 4) is 0 Å². The number of halogens is 1. The van der Waals surface area contributed by atoms with Crippen molar-refractivity contribution in [1.82, 2.24) is 4.98 Å². The summed E-state index contributed by atoms with van der Waals surface area (Å²) in [7, 11) is 0. The van der Waals surface area contributed by atoms with E-state index in [1.54, 1.807) is 36.7 Å². The number of benzene rings is 1. The number of carbonyl (C=O) groups excluding carboxylic acids is 1. The molecule has 0 fully saturated rings. The Morgan fingerprint density at radius 3 is 2.26 bits per heavy atom. The molecule has 96 valence electrons. The van der Waals surface area contributed by atoms with Crippen LogP contribution >= 0.6 is 11.6 Å². The quantitative estimate of drug-likeness (QED) is 0.491. The standard InChI is InChI=1S/C14H11ClN2O2/c1-10(18)19-17-14(12-6-8-16-9-7-12)11-2-4-13(15)5-3-11/h2-9H,1H3. The number of nitrogens with zero attached hydrogens (tertiary/aromatic N) is 2. The average molecular weight is 275 g/mol. The molecule has 1 heterocycles. The fraction of sp³-hybridized carbons (Fsp3) is 0.0714. The van der Waals surface area contributed by atoms with E-state index in [1.807, 2.05) is 12.1 Å². The first-order valence-electron chi connectivity index (χ1n) is 5.59. The summed E-state index contributed by atoms with van der Waals surface area (Å²) >= 11 is 5.85. The summed E-state index contributed by atoms with van der Waals surface area (Å²) in [6.07, 6.45) is 3.29. The van der Waals surface area contributed by atoms with E-state index >= 15 is 0 Å². The van der Waals surface area contributed by atoms with Crippen molar-refractivity contribution in [3.63, 3.8) is 0 Å². The minimum absolute atomic E-state index is 0.472. The van der Waals surface area contributed by atoms with Crippen LogP contribution in [0, 0.1) is 0 Å². The van der Waals surface area contributed by atoms with Gasteiger partial charge in [0.1, 0.15) is 5.71 Å². The first-order valence-corrected chi connectivity index (χ1v) is 5.96. The summed E-state index contributed by atoms with van der Waals surface area (Å²) in [6.45, 7) is 1.30. The Bertz CT molecular complexity index is 595. The number of hydrogen-bond acceptors (Lipinski definition) is 4. The topological polar surface area (TPSA) is 51.5 Å². The molecule has 0 unspecified atom stereocenters. The lowest BCUT2D eigenvalue weighted by molar-refractivity contribution is -0.140. The van der Waals surface area contributed by atoms with Gasteiger partial charge < -0.3 is 4.84 Å². The Labute approximate surface area is 115 Å². The summed E-state index contributed by atoms with van der Waals surface area (Å²) in [5.41, 5.74) is 2.16. The second-order valence-electron chi connectivity index (χ2n) is 3.77. The lowest BCUT2D eigenvalue weighted by Crippen LogP contribution is -2.06. The minimum atomic E-state index is -0.472. The van der Waals surface area contributed by atoms with Gasteiger partial charge in [-0.25, -0.2) is 4.79 Å². The third-order valence-electron chi connectivity index (χ3n) is 2.34. The van der Waals surface area contributed by atoms with Crippen molar-refractivity contribution >= 4 is 23.3 Å². The molecule has 2 aromatic rings. The van der Waals surface area contributed by atoms with Crippen LogP contribution in [0.15, 0.2) is 53.9 Å². The average Bonchev–Trinajstić information content (AvgIpc) is 2.42. The molecule has 0 saturated heterocycles. The fourth-order valence-corrected chi connectivity index (χ4v) is 1.63. The van der Waals surface area contributed by atoms with Gasteiger partial charge in [-0.05, 0) is 24.3 Å². The molecule has 0 aliphatic carbocycles. The van der Waals surface area contributed by atoms with Crippen LogP contribution < -0.4 is 0 Å². The predicted octanol–water partition coefficient (Wildman–Crippen LogP) is 3.05. The molecule has 0 radical (unpaired) electrons. The summed E-state index contributed by atoms with van der Waals surface area (Å²) in [5.74, 6) is -0.472. The summed E-state index contributed by atoms with van der Waals surface area (Å²) in [5, 5.41) is 4.52. The van der Waals surface area contributed by atoms with E-state index in [1.165, 1.54) is 6.92 Å². The van der Waals surface area contributed by atoms with Crippen molar-refractivity contribution in [2.45, 2.75) is 6.92 Å². The number of rotatable bonds is 3. The van der Waals surface area contributed by atoms with Crippen LogP contribution in [0.25, 0.3) is 0 Å². The van der Waals surface area contributed by atoms with Crippen LogP contribution in [0.5, 0.6) is 0 Å². The zero-order chi connectivity index (χ0) is 13.7. The van der Waals surface area contributed by atoms with Crippen LogP contribution in [-0.4, -0.2) is 16.7 Å². The van der Waals surface area contributed by atoms with Gasteiger partial charge in [0.2, 0.25) is 0 Å². The van der Waals surface area contributed by atoms with E-state index in [0.717, 1.165) is 11.1 Å². The third-order valence-corrected chi connectivity index (χ3v) is 2.59. The molecule has 0 amide bonds. The molecular formula is C14H11ClN2O2. The Hall–Kier alpha value is -2.20. The van der Waals surface area contributed by atoms with Crippen molar-refractivity contribution in [1.29, 1.82) is 0 Å². The van der Waals surface area contributed by atoms with Crippen LogP contribution in [-0.2, 0) is 9.63 Å². The van der Waals surface area contributed by atoms with Crippen molar-refractivity contribution in [2.75, 3.05) is 0 Å².